The molecule has 1 atom stereocenters. The Labute approximate surface area is 398 Å². The lowest BCUT2D eigenvalue weighted by Gasteiger charge is -2.36. The average molecular weight is 983 g/mol. The van der Waals surface area contributed by atoms with Gasteiger partial charge in [0, 0.05) is 57.6 Å². The van der Waals surface area contributed by atoms with Crippen LogP contribution < -0.4 is 9.47 Å². The van der Waals surface area contributed by atoms with Crippen LogP contribution >= 0.6 is 48.8 Å². The molecule has 1 unspecified atom stereocenters. The molecule has 0 aliphatic carbocycles. The van der Waals surface area contributed by atoms with Gasteiger partial charge < -0.3 is 48.5 Å². The predicted molar refractivity (Wildman–Crippen MR) is 247 cm³/mol. The van der Waals surface area contributed by atoms with E-state index < -0.39 is 73.3 Å². The molecule has 0 aromatic heterocycles. The maximum absolute atomic E-state index is 13.1. The van der Waals surface area contributed by atoms with Crippen LogP contribution in [0.25, 0.3) is 0 Å². The normalized spacial score (nSPS) is 14.5. The van der Waals surface area contributed by atoms with Crippen molar-refractivity contribution < 1.29 is 77.2 Å². The number of ether oxygens (including phenoxy) is 7. The maximum atomic E-state index is 13.1. The van der Waals surface area contributed by atoms with Crippen LogP contribution in [0.3, 0.4) is 0 Å². The number of benzene rings is 4. The fraction of sp³-hybridized carbons (Fsp3) is 0.348. The van der Waals surface area contributed by atoms with Crippen molar-refractivity contribution in [3.8, 4) is 34.5 Å². The summed E-state index contributed by atoms with van der Waals surface area (Å²) in [5.41, 5.74) is -0.838. The molecule has 0 saturated carbocycles. The Hall–Kier alpha value is -5.70. The van der Waals surface area contributed by atoms with Crippen LogP contribution in [0.2, 0.25) is 0 Å². The molecule has 66 heavy (non-hydrogen) atoms. The minimum Gasteiger partial charge on any atom is -0.508 e. The summed E-state index contributed by atoms with van der Waals surface area (Å²) in [5.74, 6) is -2.63. The number of hydrogen-bond donors (Lipinski definition) is 5. The molecule has 350 valence electrons. The summed E-state index contributed by atoms with van der Waals surface area (Å²) in [6, 6.07) is 20.7. The van der Waals surface area contributed by atoms with E-state index >= 15 is 0 Å². The Balaban J connectivity index is 1.02. The highest BCUT2D eigenvalue weighted by molar-refractivity contribution is 7.99. The minimum absolute atomic E-state index is 0.0272. The van der Waals surface area contributed by atoms with Crippen molar-refractivity contribution in [2.75, 3.05) is 55.2 Å². The summed E-state index contributed by atoms with van der Waals surface area (Å²) in [4.78, 5) is 77.0. The van der Waals surface area contributed by atoms with Crippen molar-refractivity contribution in [1.29, 1.82) is 0 Å². The van der Waals surface area contributed by atoms with E-state index in [4.69, 9.17) is 33.2 Å². The number of carbonyl (C=O) groups is 6. The summed E-state index contributed by atoms with van der Waals surface area (Å²) in [5, 5.41) is 30.1. The van der Waals surface area contributed by atoms with Crippen molar-refractivity contribution in [1.82, 2.24) is 0 Å². The molecular formula is C46H46O16S4. The fourth-order valence-electron chi connectivity index (χ4n) is 6.83. The second-order valence-corrected chi connectivity index (χ2v) is 18.2. The number of aromatic hydroxyl groups is 3. The van der Waals surface area contributed by atoms with E-state index in [0.717, 1.165) is 11.8 Å². The van der Waals surface area contributed by atoms with Crippen LogP contribution in [0.5, 0.6) is 34.5 Å². The van der Waals surface area contributed by atoms with Crippen LogP contribution in [0.15, 0.2) is 83.8 Å². The quantitative estimate of drug-likeness (QED) is 0.00982. The molecule has 0 radical (unpaired) electrons. The summed E-state index contributed by atoms with van der Waals surface area (Å²) in [6.45, 7) is -1.80. The van der Waals surface area contributed by atoms with Gasteiger partial charge in [-0.25, -0.2) is 4.79 Å². The van der Waals surface area contributed by atoms with E-state index in [-0.39, 0.29) is 95.4 Å². The van der Waals surface area contributed by atoms with E-state index in [1.54, 1.807) is 54.6 Å². The Bertz CT molecular complexity index is 2420. The van der Waals surface area contributed by atoms with Gasteiger partial charge in [0.15, 0.2) is 17.1 Å². The molecule has 0 bridgehead atoms. The van der Waals surface area contributed by atoms with Crippen molar-refractivity contribution >= 4 is 84.6 Å². The number of para-hydroxylation sites is 1. The first-order valence-corrected chi connectivity index (χ1v) is 23.9. The number of phenols is 3. The molecular weight excluding hydrogens is 937 g/mol. The number of hydrogen-bond acceptors (Lipinski definition) is 20. The zero-order chi connectivity index (χ0) is 47.3. The Morgan fingerprint density at radius 2 is 1.18 bits per heavy atom. The number of phenolic OH excluding ortho intramolecular Hbond substituents is 3. The van der Waals surface area contributed by atoms with Gasteiger partial charge in [-0.3, -0.25) is 24.0 Å². The predicted octanol–water partition coefficient (Wildman–Crippen LogP) is 6.77. The second kappa shape index (κ2) is 23.2. The van der Waals surface area contributed by atoms with E-state index in [1.165, 1.54) is 36.0 Å². The van der Waals surface area contributed by atoms with E-state index in [9.17, 15) is 44.1 Å². The number of carbonyl (C=O) groups excluding carboxylic acids is 6. The largest absolute Gasteiger partial charge is 0.508 e. The van der Waals surface area contributed by atoms with Gasteiger partial charge in [-0.2, -0.15) is 37.0 Å². The molecule has 2 aliphatic rings. The molecule has 3 N–H and O–H groups in total. The monoisotopic (exact) mass is 982 g/mol. The first kappa shape index (κ1) is 49.7. The van der Waals surface area contributed by atoms with Crippen molar-refractivity contribution in [2.45, 2.75) is 42.6 Å². The molecule has 0 fully saturated rings. The lowest BCUT2D eigenvalue weighted by atomic mass is 9.77. The summed E-state index contributed by atoms with van der Waals surface area (Å²) in [7, 11) is 0. The van der Waals surface area contributed by atoms with Crippen molar-refractivity contribution in [3.63, 3.8) is 0 Å². The lowest BCUT2D eigenvalue weighted by Crippen LogP contribution is -2.44. The first-order valence-electron chi connectivity index (χ1n) is 20.5. The van der Waals surface area contributed by atoms with Gasteiger partial charge in [-0.05, 0) is 42.5 Å². The molecule has 2 aliphatic heterocycles. The van der Waals surface area contributed by atoms with E-state index in [0.29, 0.717) is 27.1 Å². The standard InChI is InChI=1S/C46H46O16S4/c47-28-8-10-32-35(22-28)61-36-23-29(9-11-33(36)46(32)31-5-2-1-4-30(31)44(55)62-46)60-42(53)15-20-65-19-14-40(51)58-26-45(24-56-38(49)12-17-63,25-57-39(50)13-18-64)27-59-41(52)16-21-66-37-7-3-6-34(48)43(37)54/h1-11,22-23,47-48,54,63-64H,12-21,24-27H2. The second-order valence-electron chi connectivity index (χ2n) is 15.0. The van der Waals surface area contributed by atoms with Gasteiger partial charge in [-0.15, -0.1) is 11.8 Å². The third-order valence-corrected chi connectivity index (χ3v) is 12.6. The van der Waals surface area contributed by atoms with Crippen LogP contribution in [0.1, 0.15) is 59.2 Å². The molecule has 16 nitrogen and oxygen atoms in total. The molecule has 0 amide bonds. The molecule has 20 heteroatoms. The smallest absolute Gasteiger partial charge is 0.340 e. The SMILES string of the molecule is O=C(CCS)OCC(COC(=O)CCS)(COC(=O)CCSCCC(=O)Oc1ccc2c(c1)Oc1cc(O)ccc1C21OC(=O)c2ccccc21)COC(=O)CCSc1cccc(O)c1O. The highest BCUT2D eigenvalue weighted by atomic mass is 32.2. The first-order chi connectivity index (χ1) is 31.8. The van der Waals surface area contributed by atoms with Crippen LogP contribution in [0, 0.1) is 5.41 Å². The zero-order valence-corrected chi connectivity index (χ0v) is 38.7. The topological polar surface area (TPSA) is 228 Å². The molecule has 4 aromatic rings. The Morgan fingerprint density at radius 3 is 1.82 bits per heavy atom. The number of thioether (sulfide) groups is 2. The van der Waals surface area contributed by atoms with Crippen molar-refractivity contribution in [2.24, 2.45) is 5.41 Å². The number of rotatable bonds is 23. The summed E-state index contributed by atoms with van der Waals surface area (Å²) < 4.78 is 39.8. The molecule has 6 rings (SSSR count). The third kappa shape index (κ3) is 12.4. The van der Waals surface area contributed by atoms with Crippen LogP contribution in [-0.2, 0) is 53.3 Å². The highest BCUT2D eigenvalue weighted by Crippen LogP contribution is 2.57. The van der Waals surface area contributed by atoms with Gasteiger partial charge in [0.25, 0.3) is 0 Å². The van der Waals surface area contributed by atoms with Crippen LogP contribution in [0.4, 0.5) is 0 Å². The average Bonchev–Trinajstić information content (AvgIpc) is 3.58. The Morgan fingerprint density at radius 1 is 0.621 bits per heavy atom. The maximum Gasteiger partial charge on any atom is 0.340 e. The molecule has 1 spiro atoms. The summed E-state index contributed by atoms with van der Waals surface area (Å²) in [6.07, 6.45) is -0.334. The van der Waals surface area contributed by atoms with E-state index in [1.807, 2.05) is 0 Å². The highest BCUT2D eigenvalue weighted by Gasteiger charge is 2.53. The molecule has 0 saturated heterocycles. The molecule has 2 heterocycles. The van der Waals surface area contributed by atoms with Gasteiger partial charge in [0.2, 0.25) is 0 Å². The molecule has 4 aromatic carbocycles. The number of thiol groups is 2. The van der Waals surface area contributed by atoms with E-state index in [2.05, 4.69) is 25.3 Å². The third-order valence-electron chi connectivity index (χ3n) is 10.1. The lowest BCUT2D eigenvalue weighted by molar-refractivity contribution is -0.170. The van der Waals surface area contributed by atoms with Gasteiger partial charge in [-0.1, -0.05) is 24.3 Å². The fourth-order valence-corrected chi connectivity index (χ4v) is 8.93. The number of esters is 6. The Kier molecular flexibility index (Phi) is 17.4. The van der Waals surface area contributed by atoms with Gasteiger partial charge in [0.1, 0.15) is 54.8 Å². The zero-order valence-electron chi connectivity index (χ0n) is 35.3. The number of fused-ring (bicyclic) bond motifs is 6. The van der Waals surface area contributed by atoms with Crippen molar-refractivity contribution in [3.05, 3.63) is 101 Å². The minimum atomic E-state index is -1.49. The van der Waals surface area contributed by atoms with Gasteiger partial charge in [0.05, 0.1) is 42.6 Å². The summed E-state index contributed by atoms with van der Waals surface area (Å²) >= 11 is 10.5. The van der Waals surface area contributed by atoms with Gasteiger partial charge >= 0.3 is 35.8 Å². The van der Waals surface area contributed by atoms with Crippen LogP contribution in [-0.4, -0.2) is 106 Å².